The maximum absolute atomic E-state index is 13.2. The van der Waals surface area contributed by atoms with Crippen LogP contribution in [0.2, 0.25) is 0 Å². The van der Waals surface area contributed by atoms with Gasteiger partial charge in [0.1, 0.15) is 5.82 Å². The molecule has 0 saturated heterocycles. The Bertz CT molecular complexity index is 1300. The minimum absolute atomic E-state index is 0.0494. The second-order valence-corrected chi connectivity index (χ2v) is 11.1. The molecular weight excluding hydrogens is 530 g/mol. The first-order valence-corrected chi connectivity index (χ1v) is 13.4. The lowest BCUT2D eigenvalue weighted by Crippen LogP contribution is -2.40. The van der Waals surface area contributed by atoms with Crippen LogP contribution in [0.3, 0.4) is 0 Å². The topological polar surface area (TPSA) is 133 Å². The molecule has 174 valence electrons. The summed E-state index contributed by atoms with van der Waals surface area (Å²) in [4.78, 5) is 28.7. The first-order chi connectivity index (χ1) is 15.6. The van der Waals surface area contributed by atoms with Crippen molar-refractivity contribution in [3.63, 3.8) is 0 Å². The van der Waals surface area contributed by atoms with E-state index in [2.05, 4.69) is 15.9 Å². The fourth-order valence-corrected chi connectivity index (χ4v) is 6.32. The molecule has 1 aliphatic carbocycles. The van der Waals surface area contributed by atoms with Crippen LogP contribution in [0.5, 0.6) is 0 Å². The normalized spacial score (nSPS) is 19.1. The molecule has 1 atom stereocenters. The highest BCUT2D eigenvalue weighted by molar-refractivity contribution is 9.10. The molecule has 11 heteroatoms. The third-order valence-corrected chi connectivity index (χ3v) is 8.27. The first kappa shape index (κ1) is 23.7. The summed E-state index contributed by atoms with van der Waals surface area (Å²) < 4.78 is 29.5. The molecule has 0 bridgehead atoms. The zero-order valence-corrected chi connectivity index (χ0v) is 20.9. The molecule has 2 aliphatic rings. The highest BCUT2D eigenvalue weighted by atomic mass is 79.9. The van der Waals surface area contributed by atoms with Gasteiger partial charge in [0, 0.05) is 38.1 Å². The van der Waals surface area contributed by atoms with Crippen molar-refractivity contribution in [2.45, 2.75) is 37.0 Å². The van der Waals surface area contributed by atoms with Crippen molar-refractivity contribution < 1.29 is 22.7 Å². The summed E-state index contributed by atoms with van der Waals surface area (Å²) in [6, 6.07) is 7.73. The Morgan fingerprint density at radius 3 is 2.55 bits per heavy atom. The molecule has 0 fully saturated rings. The predicted molar refractivity (Wildman–Crippen MR) is 129 cm³/mol. The van der Waals surface area contributed by atoms with E-state index in [1.54, 1.807) is 24.0 Å². The fourth-order valence-electron chi connectivity index (χ4n) is 4.24. The van der Waals surface area contributed by atoms with Crippen LogP contribution in [-0.2, 0) is 24.3 Å². The monoisotopic (exact) mass is 551 g/mol. The molecule has 8 nitrogen and oxygen atoms in total. The average molecular weight is 552 g/mol. The number of hydrogen-bond donors (Lipinski definition) is 2. The minimum atomic E-state index is -3.88. The van der Waals surface area contributed by atoms with Crippen LogP contribution in [-0.4, -0.2) is 26.8 Å². The summed E-state index contributed by atoms with van der Waals surface area (Å²) in [7, 11) is -3.88. The predicted octanol–water partition coefficient (Wildman–Crippen LogP) is 3.50. The van der Waals surface area contributed by atoms with Gasteiger partial charge in [-0.25, -0.2) is 18.4 Å². The van der Waals surface area contributed by atoms with Gasteiger partial charge in [0.25, 0.3) is 0 Å². The SMILES string of the molecule is CCOC(=O)C1=C(N)N(c2ccc(S(N)(=O)=O)cc2)C2=C(C(=O)CCC2)[C@H]1c1cc(Br)cs1. The van der Waals surface area contributed by atoms with Crippen LogP contribution < -0.4 is 15.8 Å². The molecule has 1 aliphatic heterocycles. The molecule has 1 aromatic heterocycles. The summed E-state index contributed by atoms with van der Waals surface area (Å²) in [6.45, 7) is 1.85. The number of ether oxygens (including phenoxy) is 1. The van der Waals surface area contributed by atoms with E-state index < -0.39 is 21.9 Å². The highest BCUT2D eigenvalue weighted by Crippen LogP contribution is 2.48. The fraction of sp³-hybridized carbons (Fsp3) is 0.273. The average Bonchev–Trinajstić information content (AvgIpc) is 3.18. The molecule has 0 radical (unpaired) electrons. The van der Waals surface area contributed by atoms with Crippen LogP contribution in [0.4, 0.5) is 5.69 Å². The Labute approximate surface area is 204 Å². The van der Waals surface area contributed by atoms with E-state index in [-0.39, 0.29) is 28.7 Å². The number of carbonyl (C=O) groups is 2. The second kappa shape index (κ2) is 9.05. The van der Waals surface area contributed by atoms with Crippen molar-refractivity contribution in [1.82, 2.24) is 0 Å². The Hall–Kier alpha value is -2.47. The van der Waals surface area contributed by atoms with Gasteiger partial charge in [-0.2, -0.15) is 0 Å². The second-order valence-electron chi connectivity index (χ2n) is 7.63. The zero-order chi connectivity index (χ0) is 23.9. The standard InChI is InChI=1S/C22H22BrN3O5S2/c1-2-31-22(28)20-19(17-10-12(23)11-32-17)18-15(4-3-5-16(18)27)26(21(20)24)13-6-8-14(9-7-13)33(25,29)30/h6-11,19H,2-5,24H2,1H3,(H2,25,29,30)/t19-/m1/s1. The molecule has 0 spiro atoms. The van der Waals surface area contributed by atoms with Gasteiger partial charge in [-0.05, 0) is 66.0 Å². The van der Waals surface area contributed by atoms with Gasteiger partial charge in [-0.3, -0.25) is 9.69 Å². The van der Waals surface area contributed by atoms with Crippen molar-refractivity contribution in [3.8, 4) is 0 Å². The van der Waals surface area contributed by atoms with Gasteiger partial charge in [0.2, 0.25) is 10.0 Å². The van der Waals surface area contributed by atoms with E-state index in [4.69, 9.17) is 15.6 Å². The minimum Gasteiger partial charge on any atom is -0.463 e. The molecule has 2 aromatic rings. The smallest absolute Gasteiger partial charge is 0.338 e. The number of Topliss-reactive ketones (excluding diaryl/α,β-unsaturated/α-hetero) is 1. The van der Waals surface area contributed by atoms with Crippen LogP contribution in [0.15, 0.2) is 67.7 Å². The molecule has 0 saturated carbocycles. The highest BCUT2D eigenvalue weighted by Gasteiger charge is 2.43. The lowest BCUT2D eigenvalue weighted by Gasteiger charge is -2.40. The molecule has 1 aromatic carbocycles. The van der Waals surface area contributed by atoms with E-state index in [9.17, 15) is 18.0 Å². The van der Waals surface area contributed by atoms with E-state index in [1.807, 2.05) is 11.4 Å². The number of thiophene rings is 1. The number of anilines is 1. The molecule has 0 amide bonds. The van der Waals surface area contributed by atoms with E-state index >= 15 is 0 Å². The third kappa shape index (κ3) is 4.37. The van der Waals surface area contributed by atoms with Crippen LogP contribution in [0.1, 0.15) is 37.0 Å². The number of nitrogens with zero attached hydrogens (tertiary/aromatic N) is 1. The van der Waals surface area contributed by atoms with E-state index in [1.165, 1.54) is 23.5 Å². The lowest BCUT2D eigenvalue weighted by atomic mass is 9.77. The number of allylic oxidation sites excluding steroid dienone is 2. The van der Waals surface area contributed by atoms with Gasteiger partial charge in [0.05, 0.1) is 23.0 Å². The van der Waals surface area contributed by atoms with Gasteiger partial charge in [-0.1, -0.05) is 0 Å². The molecule has 0 unspecified atom stereocenters. The van der Waals surface area contributed by atoms with Crippen molar-refractivity contribution in [3.05, 3.63) is 67.7 Å². The molecule has 4 rings (SSSR count). The molecular formula is C22H22BrN3O5S2. The van der Waals surface area contributed by atoms with Crippen molar-refractivity contribution >= 4 is 54.7 Å². The maximum Gasteiger partial charge on any atom is 0.338 e. The summed E-state index contributed by atoms with van der Waals surface area (Å²) in [5.74, 6) is -1.13. The quantitative estimate of drug-likeness (QED) is 0.543. The van der Waals surface area contributed by atoms with Crippen LogP contribution in [0, 0.1) is 0 Å². The summed E-state index contributed by atoms with van der Waals surface area (Å²) >= 11 is 4.88. The number of carbonyl (C=O) groups excluding carboxylic acids is 2. The Morgan fingerprint density at radius 1 is 1.27 bits per heavy atom. The maximum atomic E-state index is 13.2. The molecule has 33 heavy (non-hydrogen) atoms. The number of esters is 1. The van der Waals surface area contributed by atoms with Crippen LogP contribution in [0.25, 0.3) is 0 Å². The summed E-state index contributed by atoms with van der Waals surface area (Å²) in [6.07, 6.45) is 1.60. The number of primary sulfonamides is 1. The van der Waals surface area contributed by atoms with E-state index in [0.717, 1.165) is 9.35 Å². The number of benzene rings is 1. The molecule has 4 N–H and O–H groups in total. The van der Waals surface area contributed by atoms with Gasteiger partial charge in [-0.15, -0.1) is 11.3 Å². The third-order valence-electron chi connectivity index (χ3n) is 5.58. The lowest BCUT2D eigenvalue weighted by molar-refractivity contribution is -0.138. The first-order valence-electron chi connectivity index (χ1n) is 10.2. The number of sulfonamides is 1. The van der Waals surface area contributed by atoms with Crippen LogP contribution >= 0.6 is 27.3 Å². The van der Waals surface area contributed by atoms with Crippen molar-refractivity contribution in [2.24, 2.45) is 10.9 Å². The number of hydrogen-bond acceptors (Lipinski definition) is 8. The Balaban J connectivity index is 1.95. The zero-order valence-electron chi connectivity index (χ0n) is 17.7. The van der Waals surface area contributed by atoms with Gasteiger partial charge >= 0.3 is 5.97 Å². The number of ketones is 1. The van der Waals surface area contributed by atoms with Gasteiger partial charge < -0.3 is 10.5 Å². The number of nitrogens with two attached hydrogens (primary N) is 2. The number of rotatable bonds is 5. The summed E-state index contributed by atoms with van der Waals surface area (Å²) in [5.41, 5.74) is 8.54. The van der Waals surface area contributed by atoms with E-state index in [0.29, 0.717) is 36.2 Å². The Kier molecular flexibility index (Phi) is 6.50. The van der Waals surface area contributed by atoms with Gasteiger partial charge in [0.15, 0.2) is 5.78 Å². The largest absolute Gasteiger partial charge is 0.463 e. The summed E-state index contributed by atoms with van der Waals surface area (Å²) in [5, 5.41) is 7.11. The number of halogens is 1. The van der Waals surface area contributed by atoms with Crippen molar-refractivity contribution in [2.75, 3.05) is 11.5 Å². The van der Waals surface area contributed by atoms with Crippen molar-refractivity contribution in [1.29, 1.82) is 0 Å². The Morgan fingerprint density at radius 2 is 1.97 bits per heavy atom. The molecule has 2 heterocycles.